The molecule has 1 aromatic heterocycles. The van der Waals surface area contributed by atoms with Crippen LogP contribution in [-0.4, -0.2) is 56.7 Å². The number of nitrogens with one attached hydrogen (secondary N) is 2. The van der Waals surface area contributed by atoms with Gasteiger partial charge in [0, 0.05) is 7.05 Å². The van der Waals surface area contributed by atoms with Gasteiger partial charge in [0.1, 0.15) is 17.9 Å². The molecule has 1 aliphatic rings. The molecule has 2 aromatic carbocycles. The first-order valence-corrected chi connectivity index (χ1v) is 10.7. The molecule has 2 N–H and O–H groups in total. The molecule has 170 valence electrons. The predicted octanol–water partition coefficient (Wildman–Crippen LogP) is 1.82. The van der Waals surface area contributed by atoms with Crippen LogP contribution in [-0.2, 0) is 22.6 Å². The number of H-pyrrole nitrogens is 1. The molecule has 33 heavy (non-hydrogen) atoms. The maximum Gasteiger partial charge on any atom is 0.325 e. The summed E-state index contributed by atoms with van der Waals surface area (Å²) >= 11 is 0. The van der Waals surface area contributed by atoms with Gasteiger partial charge in [0.15, 0.2) is 0 Å². The van der Waals surface area contributed by atoms with E-state index in [0.717, 1.165) is 10.5 Å². The fourth-order valence-corrected chi connectivity index (χ4v) is 3.88. The van der Waals surface area contributed by atoms with Gasteiger partial charge < -0.3 is 15.2 Å². The number of para-hydroxylation sites is 1. The highest BCUT2D eigenvalue weighted by Crippen LogP contribution is 2.23. The summed E-state index contributed by atoms with van der Waals surface area (Å²) in [5.74, 6) is -0.552. The van der Waals surface area contributed by atoms with Crippen LogP contribution in [0, 0.1) is 0 Å². The molecule has 9 heteroatoms. The number of aryl methyl sites for hydroxylation is 1. The summed E-state index contributed by atoms with van der Waals surface area (Å²) in [5.41, 5.74) is 0.226. The fraction of sp³-hybridized carbons (Fsp3) is 0.292. The van der Waals surface area contributed by atoms with Crippen molar-refractivity contribution in [1.82, 2.24) is 25.1 Å². The Morgan fingerprint density at radius 1 is 1.06 bits per heavy atom. The molecule has 4 amide bonds. The Balaban J connectivity index is 1.40. The molecular weight excluding hydrogens is 422 g/mol. The number of imide groups is 1. The first-order chi connectivity index (χ1) is 15.8. The van der Waals surface area contributed by atoms with E-state index in [1.165, 1.54) is 11.9 Å². The second-order valence-electron chi connectivity index (χ2n) is 8.42. The highest BCUT2D eigenvalue weighted by molar-refractivity contribution is 6.08. The van der Waals surface area contributed by atoms with Crippen molar-refractivity contribution in [3.8, 4) is 0 Å². The van der Waals surface area contributed by atoms with Crippen LogP contribution in [0.4, 0.5) is 4.79 Å². The number of hydrogen-bond acceptors (Lipinski definition) is 5. The SMILES string of the molecule is CN(Cc1nc2ccccc2c(=O)[nH]1)C(=O)CN1C(=O)N[C@@](C)(CCc2ccccc2)C1=O. The van der Waals surface area contributed by atoms with Gasteiger partial charge in [0.25, 0.3) is 11.5 Å². The molecule has 0 spiro atoms. The van der Waals surface area contributed by atoms with Crippen LogP contribution in [0.1, 0.15) is 24.7 Å². The van der Waals surface area contributed by atoms with Gasteiger partial charge in [0.05, 0.1) is 17.4 Å². The minimum absolute atomic E-state index is 0.0355. The number of aromatic amines is 1. The van der Waals surface area contributed by atoms with E-state index in [1.807, 2.05) is 30.3 Å². The lowest BCUT2D eigenvalue weighted by Gasteiger charge is -2.23. The number of aromatic nitrogens is 2. The van der Waals surface area contributed by atoms with E-state index in [0.29, 0.717) is 29.6 Å². The Morgan fingerprint density at radius 2 is 1.76 bits per heavy atom. The summed E-state index contributed by atoms with van der Waals surface area (Å²) in [4.78, 5) is 59.8. The van der Waals surface area contributed by atoms with Crippen molar-refractivity contribution in [2.24, 2.45) is 0 Å². The second kappa shape index (κ2) is 8.85. The van der Waals surface area contributed by atoms with Gasteiger partial charge in [-0.3, -0.25) is 19.3 Å². The Bertz CT molecular complexity index is 1270. The molecule has 0 radical (unpaired) electrons. The summed E-state index contributed by atoms with van der Waals surface area (Å²) in [5, 5.41) is 3.19. The van der Waals surface area contributed by atoms with Crippen molar-refractivity contribution in [1.29, 1.82) is 0 Å². The van der Waals surface area contributed by atoms with Crippen molar-refractivity contribution < 1.29 is 14.4 Å². The topological polar surface area (TPSA) is 115 Å². The third-order valence-corrected chi connectivity index (χ3v) is 5.87. The van der Waals surface area contributed by atoms with E-state index >= 15 is 0 Å². The van der Waals surface area contributed by atoms with E-state index < -0.39 is 23.4 Å². The van der Waals surface area contributed by atoms with Gasteiger partial charge in [0.2, 0.25) is 5.91 Å². The lowest BCUT2D eigenvalue weighted by Crippen LogP contribution is -2.45. The fourth-order valence-electron chi connectivity index (χ4n) is 3.88. The standard InChI is InChI=1S/C24H25N5O4/c1-24(13-12-16-8-4-3-5-9-16)22(32)29(23(33)27-24)15-20(30)28(2)14-19-25-18-11-7-6-10-17(18)21(31)26-19/h3-11H,12-15H2,1-2H3,(H,27,33)(H,25,26,31)/t24-/m0/s1. The average molecular weight is 447 g/mol. The molecule has 1 fully saturated rings. The average Bonchev–Trinajstić information content (AvgIpc) is 3.01. The zero-order chi connectivity index (χ0) is 23.6. The van der Waals surface area contributed by atoms with Gasteiger partial charge in [-0.05, 0) is 37.5 Å². The number of likely N-dealkylation sites (N-methyl/N-ethyl adjacent to an activating group) is 1. The molecule has 9 nitrogen and oxygen atoms in total. The summed E-state index contributed by atoms with van der Waals surface area (Å²) < 4.78 is 0. The van der Waals surface area contributed by atoms with Gasteiger partial charge >= 0.3 is 6.03 Å². The summed E-state index contributed by atoms with van der Waals surface area (Å²) in [6.07, 6.45) is 1.04. The quantitative estimate of drug-likeness (QED) is 0.536. The van der Waals surface area contributed by atoms with Gasteiger partial charge in [-0.15, -0.1) is 0 Å². The first-order valence-electron chi connectivity index (χ1n) is 10.7. The van der Waals surface area contributed by atoms with E-state index in [4.69, 9.17) is 0 Å². The number of carbonyl (C=O) groups is 3. The highest BCUT2D eigenvalue weighted by atomic mass is 16.2. The van der Waals surface area contributed by atoms with E-state index in [-0.39, 0.29) is 18.6 Å². The molecule has 0 bridgehead atoms. The van der Waals surface area contributed by atoms with Crippen LogP contribution in [0.15, 0.2) is 59.4 Å². The van der Waals surface area contributed by atoms with Crippen LogP contribution < -0.4 is 10.9 Å². The Kier molecular flexibility index (Phi) is 5.95. The van der Waals surface area contributed by atoms with Crippen LogP contribution in [0.3, 0.4) is 0 Å². The van der Waals surface area contributed by atoms with Crippen LogP contribution in [0.5, 0.6) is 0 Å². The molecule has 4 rings (SSSR count). The number of hydrogen-bond donors (Lipinski definition) is 2. The van der Waals surface area contributed by atoms with Crippen molar-refractivity contribution in [2.75, 3.05) is 13.6 Å². The van der Waals surface area contributed by atoms with Crippen molar-refractivity contribution in [3.05, 3.63) is 76.3 Å². The van der Waals surface area contributed by atoms with E-state index in [9.17, 15) is 19.2 Å². The lowest BCUT2D eigenvalue weighted by molar-refractivity contribution is -0.138. The largest absolute Gasteiger partial charge is 0.337 e. The maximum absolute atomic E-state index is 13.0. The summed E-state index contributed by atoms with van der Waals surface area (Å²) in [6.45, 7) is 1.32. The molecule has 1 atom stereocenters. The number of fused-ring (bicyclic) bond motifs is 1. The number of carbonyl (C=O) groups excluding carboxylic acids is 3. The molecule has 2 heterocycles. The maximum atomic E-state index is 13.0. The highest BCUT2D eigenvalue weighted by Gasteiger charge is 2.48. The van der Waals surface area contributed by atoms with Crippen molar-refractivity contribution >= 4 is 28.7 Å². The third-order valence-electron chi connectivity index (χ3n) is 5.87. The molecule has 1 aliphatic heterocycles. The Morgan fingerprint density at radius 3 is 2.52 bits per heavy atom. The number of nitrogens with zero attached hydrogens (tertiary/aromatic N) is 3. The normalized spacial score (nSPS) is 17.9. The molecule has 0 unspecified atom stereocenters. The van der Waals surface area contributed by atoms with Gasteiger partial charge in [-0.1, -0.05) is 42.5 Å². The van der Waals surface area contributed by atoms with Crippen molar-refractivity contribution in [3.63, 3.8) is 0 Å². The first kappa shape index (κ1) is 22.2. The minimum Gasteiger partial charge on any atom is -0.337 e. The Labute approximate surface area is 190 Å². The number of rotatable bonds is 7. The smallest absolute Gasteiger partial charge is 0.325 e. The van der Waals surface area contributed by atoms with E-state index in [2.05, 4.69) is 15.3 Å². The predicted molar refractivity (Wildman–Crippen MR) is 122 cm³/mol. The number of benzene rings is 2. The number of urea groups is 1. The van der Waals surface area contributed by atoms with Gasteiger partial charge in [-0.2, -0.15) is 0 Å². The second-order valence-corrected chi connectivity index (χ2v) is 8.42. The molecule has 3 aromatic rings. The Hall–Kier alpha value is -4.01. The van der Waals surface area contributed by atoms with Crippen LogP contribution in [0.2, 0.25) is 0 Å². The monoisotopic (exact) mass is 447 g/mol. The summed E-state index contributed by atoms with van der Waals surface area (Å²) in [6, 6.07) is 16.0. The van der Waals surface area contributed by atoms with Crippen molar-refractivity contribution in [2.45, 2.75) is 31.8 Å². The zero-order valence-corrected chi connectivity index (χ0v) is 18.5. The van der Waals surface area contributed by atoms with Gasteiger partial charge in [-0.25, -0.2) is 9.78 Å². The molecule has 1 saturated heterocycles. The molecular formula is C24H25N5O4. The van der Waals surface area contributed by atoms with Crippen LogP contribution >= 0.6 is 0 Å². The zero-order valence-electron chi connectivity index (χ0n) is 18.5. The van der Waals surface area contributed by atoms with Crippen LogP contribution in [0.25, 0.3) is 10.9 Å². The lowest BCUT2D eigenvalue weighted by atomic mass is 9.93. The van der Waals surface area contributed by atoms with E-state index in [1.54, 1.807) is 31.2 Å². The third kappa shape index (κ3) is 4.62. The minimum atomic E-state index is -1.07. The molecule has 0 aliphatic carbocycles. The summed E-state index contributed by atoms with van der Waals surface area (Å²) in [7, 11) is 1.53. The molecule has 0 saturated carbocycles. The number of amides is 4.